The third-order valence-corrected chi connectivity index (χ3v) is 4.88. The molecular formula is C25H22FN3O2. The molecule has 1 amide bonds. The lowest BCUT2D eigenvalue weighted by Crippen LogP contribution is -2.17. The Morgan fingerprint density at radius 3 is 2.55 bits per heavy atom. The number of para-hydroxylation sites is 1. The predicted octanol–water partition coefficient (Wildman–Crippen LogP) is 4.99. The Morgan fingerprint density at radius 1 is 1.06 bits per heavy atom. The molecule has 0 saturated carbocycles. The number of hydrogen-bond donors (Lipinski definition) is 1. The quantitative estimate of drug-likeness (QED) is 0.341. The summed E-state index contributed by atoms with van der Waals surface area (Å²) in [6.07, 6.45) is 3.61. The Bertz CT molecular complexity index is 1210. The zero-order chi connectivity index (χ0) is 21.6. The second-order valence-electron chi connectivity index (χ2n) is 7.01. The Hall–Kier alpha value is -3.93. The number of benzene rings is 3. The van der Waals surface area contributed by atoms with Crippen LogP contribution in [-0.2, 0) is 6.54 Å². The lowest BCUT2D eigenvalue weighted by atomic mass is 10.2. The van der Waals surface area contributed by atoms with Crippen molar-refractivity contribution in [1.29, 1.82) is 0 Å². The second kappa shape index (κ2) is 9.26. The van der Waals surface area contributed by atoms with Crippen molar-refractivity contribution >= 4 is 23.0 Å². The van der Waals surface area contributed by atoms with Gasteiger partial charge in [0, 0.05) is 34.8 Å². The first-order valence-electron chi connectivity index (χ1n) is 10.0. The van der Waals surface area contributed by atoms with E-state index < -0.39 is 0 Å². The summed E-state index contributed by atoms with van der Waals surface area (Å²) < 4.78 is 20.7. The van der Waals surface area contributed by atoms with Gasteiger partial charge in [0.25, 0.3) is 5.91 Å². The maximum atomic E-state index is 13.2. The van der Waals surface area contributed by atoms with E-state index in [1.165, 1.54) is 12.1 Å². The first-order chi connectivity index (χ1) is 15.1. The highest BCUT2D eigenvalue weighted by Crippen LogP contribution is 2.21. The first-order valence-corrected chi connectivity index (χ1v) is 10.0. The van der Waals surface area contributed by atoms with Gasteiger partial charge in [0.15, 0.2) is 0 Å². The van der Waals surface area contributed by atoms with E-state index in [1.54, 1.807) is 42.6 Å². The van der Waals surface area contributed by atoms with Gasteiger partial charge < -0.3 is 9.30 Å². The van der Waals surface area contributed by atoms with Crippen LogP contribution in [0.25, 0.3) is 10.9 Å². The summed E-state index contributed by atoms with van der Waals surface area (Å²) >= 11 is 0. The zero-order valence-electron chi connectivity index (χ0n) is 17.1. The number of nitrogens with one attached hydrogen (secondary N) is 1. The number of rotatable bonds is 7. The van der Waals surface area contributed by atoms with E-state index in [-0.39, 0.29) is 11.7 Å². The lowest BCUT2D eigenvalue weighted by molar-refractivity contribution is 0.0955. The van der Waals surface area contributed by atoms with E-state index in [0.29, 0.717) is 18.7 Å². The van der Waals surface area contributed by atoms with Crippen LogP contribution in [0.3, 0.4) is 0 Å². The molecule has 4 aromatic rings. The molecule has 1 N–H and O–H groups in total. The maximum Gasteiger partial charge on any atom is 0.271 e. The number of amides is 1. The largest absolute Gasteiger partial charge is 0.494 e. The molecule has 0 aliphatic carbocycles. The molecule has 3 aromatic carbocycles. The standard InChI is InChI=1S/C25H22FN3O2/c1-2-31-22-13-9-19(10-14-22)25(30)28-27-15-20-17-29(24-6-4-3-5-23(20)24)16-18-7-11-21(26)12-8-18/h3-15,17H,2,16H2,1H3,(H,28,30)/b27-15+. The van der Waals surface area contributed by atoms with E-state index in [0.717, 1.165) is 27.8 Å². The predicted molar refractivity (Wildman–Crippen MR) is 120 cm³/mol. The van der Waals surface area contributed by atoms with Crippen molar-refractivity contribution in [2.24, 2.45) is 5.10 Å². The van der Waals surface area contributed by atoms with Crippen LogP contribution in [0.2, 0.25) is 0 Å². The number of hydrazone groups is 1. The highest BCUT2D eigenvalue weighted by molar-refractivity contribution is 6.00. The molecule has 0 radical (unpaired) electrons. The molecule has 0 spiro atoms. The van der Waals surface area contributed by atoms with Crippen molar-refractivity contribution in [2.75, 3.05) is 6.61 Å². The Labute approximate surface area is 179 Å². The van der Waals surface area contributed by atoms with Gasteiger partial charge in [-0.25, -0.2) is 9.82 Å². The van der Waals surface area contributed by atoms with Crippen LogP contribution in [0.4, 0.5) is 4.39 Å². The third kappa shape index (κ3) is 4.80. The smallest absolute Gasteiger partial charge is 0.271 e. The summed E-state index contributed by atoms with van der Waals surface area (Å²) in [5.74, 6) is 0.170. The maximum absolute atomic E-state index is 13.2. The van der Waals surface area contributed by atoms with E-state index in [2.05, 4.69) is 15.1 Å². The highest BCUT2D eigenvalue weighted by Gasteiger charge is 2.08. The zero-order valence-corrected chi connectivity index (χ0v) is 17.1. The van der Waals surface area contributed by atoms with Crippen LogP contribution in [0.5, 0.6) is 5.75 Å². The summed E-state index contributed by atoms with van der Waals surface area (Å²) in [6.45, 7) is 3.09. The van der Waals surface area contributed by atoms with E-state index in [4.69, 9.17) is 4.74 Å². The van der Waals surface area contributed by atoms with Gasteiger partial charge in [-0.15, -0.1) is 0 Å². The first kappa shape index (κ1) is 20.3. The molecule has 5 nitrogen and oxygen atoms in total. The topological polar surface area (TPSA) is 55.6 Å². The molecule has 0 aliphatic rings. The van der Waals surface area contributed by atoms with E-state index in [1.807, 2.05) is 37.4 Å². The van der Waals surface area contributed by atoms with Crippen molar-refractivity contribution in [3.8, 4) is 5.75 Å². The van der Waals surface area contributed by atoms with Crippen molar-refractivity contribution in [1.82, 2.24) is 9.99 Å². The van der Waals surface area contributed by atoms with Crippen molar-refractivity contribution < 1.29 is 13.9 Å². The number of nitrogens with zero attached hydrogens (tertiary/aromatic N) is 2. The Balaban J connectivity index is 1.50. The van der Waals surface area contributed by atoms with Gasteiger partial charge >= 0.3 is 0 Å². The molecule has 1 heterocycles. The summed E-state index contributed by atoms with van der Waals surface area (Å²) in [5, 5.41) is 5.16. The summed E-state index contributed by atoms with van der Waals surface area (Å²) in [7, 11) is 0. The molecule has 0 bridgehead atoms. The minimum absolute atomic E-state index is 0.253. The van der Waals surface area contributed by atoms with Crippen LogP contribution in [0.1, 0.15) is 28.4 Å². The number of hydrogen-bond acceptors (Lipinski definition) is 3. The fourth-order valence-electron chi connectivity index (χ4n) is 3.39. The van der Waals surface area contributed by atoms with Crippen molar-refractivity contribution in [3.63, 3.8) is 0 Å². The van der Waals surface area contributed by atoms with Crippen LogP contribution in [0, 0.1) is 5.82 Å². The number of halogens is 1. The van der Waals surface area contributed by atoms with Crippen molar-refractivity contribution in [2.45, 2.75) is 13.5 Å². The number of aromatic nitrogens is 1. The average molecular weight is 415 g/mol. The molecule has 6 heteroatoms. The highest BCUT2D eigenvalue weighted by atomic mass is 19.1. The van der Waals surface area contributed by atoms with E-state index in [9.17, 15) is 9.18 Å². The monoisotopic (exact) mass is 415 g/mol. The second-order valence-corrected chi connectivity index (χ2v) is 7.01. The molecule has 0 fully saturated rings. The van der Waals surface area contributed by atoms with Gasteiger partial charge in [0.1, 0.15) is 11.6 Å². The fraction of sp³-hybridized carbons (Fsp3) is 0.120. The minimum Gasteiger partial charge on any atom is -0.494 e. The molecule has 156 valence electrons. The summed E-state index contributed by atoms with van der Waals surface area (Å²) in [5.41, 5.74) is 5.97. The molecular weight excluding hydrogens is 393 g/mol. The van der Waals surface area contributed by atoms with Gasteiger partial charge in [-0.05, 0) is 55.0 Å². The van der Waals surface area contributed by atoms with E-state index >= 15 is 0 Å². The summed E-state index contributed by atoms with van der Waals surface area (Å²) in [4.78, 5) is 12.3. The number of carbonyl (C=O) groups is 1. The molecule has 0 atom stereocenters. The molecule has 31 heavy (non-hydrogen) atoms. The van der Waals surface area contributed by atoms with Gasteiger partial charge in [0.2, 0.25) is 0 Å². The number of ether oxygens (including phenoxy) is 1. The van der Waals surface area contributed by atoms with Crippen LogP contribution in [-0.4, -0.2) is 23.3 Å². The van der Waals surface area contributed by atoms with Crippen LogP contribution < -0.4 is 10.2 Å². The van der Waals surface area contributed by atoms with Gasteiger partial charge in [-0.2, -0.15) is 5.10 Å². The van der Waals surface area contributed by atoms with Gasteiger partial charge in [-0.3, -0.25) is 4.79 Å². The number of carbonyl (C=O) groups excluding carboxylic acids is 1. The Kier molecular flexibility index (Phi) is 6.08. The van der Waals surface area contributed by atoms with Crippen molar-refractivity contribution in [3.05, 3.63) is 102 Å². The lowest BCUT2D eigenvalue weighted by Gasteiger charge is -2.05. The van der Waals surface area contributed by atoms with Crippen LogP contribution in [0.15, 0.2) is 84.1 Å². The summed E-state index contributed by atoms with van der Waals surface area (Å²) in [6, 6.07) is 21.3. The molecule has 0 saturated heterocycles. The molecule has 1 aromatic heterocycles. The normalized spacial score (nSPS) is 11.2. The molecule has 4 rings (SSSR count). The SMILES string of the molecule is CCOc1ccc(C(=O)N/N=C/c2cn(Cc3ccc(F)cc3)c3ccccc23)cc1. The average Bonchev–Trinajstić information content (AvgIpc) is 3.13. The molecule has 0 aliphatic heterocycles. The third-order valence-electron chi connectivity index (χ3n) is 4.88. The Morgan fingerprint density at radius 2 is 1.81 bits per heavy atom. The van der Waals surface area contributed by atoms with Crippen LogP contribution >= 0.6 is 0 Å². The molecule has 0 unspecified atom stereocenters. The van der Waals surface area contributed by atoms with Gasteiger partial charge in [-0.1, -0.05) is 30.3 Å². The number of fused-ring (bicyclic) bond motifs is 1. The fourth-order valence-corrected chi connectivity index (χ4v) is 3.39. The van der Waals surface area contributed by atoms with Gasteiger partial charge in [0.05, 0.1) is 12.8 Å². The minimum atomic E-state index is -0.297.